The summed E-state index contributed by atoms with van der Waals surface area (Å²) >= 11 is 0. The monoisotopic (exact) mass is 334 g/mol. The first-order chi connectivity index (χ1) is 10.9. The number of nitrogens with one attached hydrogen (secondary N) is 1. The van der Waals surface area contributed by atoms with Crippen LogP contribution < -0.4 is 10.2 Å². The zero-order chi connectivity index (χ0) is 14.8. The zero-order valence-electron chi connectivity index (χ0n) is 13.2. The number of rotatable bonds is 3. The Morgan fingerprint density at radius 1 is 1.04 bits per heavy atom. The van der Waals surface area contributed by atoms with Gasteiger partial charge in [-0.1, -0.05) is 25.0 Å². The van der Waals surface area contributed by atoms with Gasteiger partial charge in [-0.25, -0.2) is 4.98 Å². The highest BCUT2D eigenvalue weighted by Gasteiger charge is 2.19. The lowest BCUT2D eigenvalue weighted by Crippen LogP contribution is -2.37. The summed E-state index contributed by atoms with van der Waals surface area (Å²) in [5, 5.41) is 4.77. The average molecular weight is 335 g/mol. The van der Waals surface area contributed by atoms with Gasteiger partial charge < -0.3 is 15.0 Å². The lowest BCUT2D eigenvalue weighted by Gasteiger charge is -2.27. The minimum absolute atomic E-state index is 0. The summed E-state index contributed by atoms with van der Waals surface area (Å²) in [6, 6.07) is 8.82. The summed E-state index contributed by atoms with van der Waals surface area (Å²) in [7, 11) is 0. The number of benzene rings is 1. The summed E-state index contributed by atoms with van der Waals surface area (Å²) < 4.78 is 5.43. The van der Waals surface area contributed by atoms with E-state index in [1.54, 1.807) is 0 Å². The predicted molar refractivity (Wildman–Crippen MR) is 95.7 cm³/mol. The molecule has 1 aromatic carbocycles. The van der Waals surface area contributed by atoms with Crippen LogP contribution in [0.5, 0.6) is 0 Å². The molecule has 124 valence electrons. The summed E-state index contributed by atoms with van der Waals surface area (Å²) in [5.41, 5.74) is 1.01. The van der Waals surface area contributed by atoms with E-state index in [4.69, 9.17) is 14.7 Å². The van der Waals surface area contributed by atoms with Crippen LogP contribution >= 0.6 is 12.4 Å². The lowest BCUT2D eigenvalue weighted by atomic mass is 10.2. The van der Waals surface area contributed by atoms with Crippen LogP contribution in [-0.2, 0) is 4.74 Å². The van der Waals surface area contributed by atoms with Gasteiger partial charge in [-0.05, 0) is 25.0 Å². The molecule has 0 spiro atoms. The maximum Gasteiger partial charge on any atom is 0.228 e. The lowest BCUT2D eigenvalue weighted by molar-refractivity contribution is 0.122. The van der Waals surface area contributed by atoms with Crippen molar-refractivity contribution in [3.05, 3.63) is 24.3 Å². The van der Waals surface area contributed by atoms with Crippen LogP contribution in [-0.4, -0.2) is 42.3 Å². The number of morpholine rings is 1. The summed E-state index contributed by atoms with van der Waals surface area (Å²) in [5.74, 6) is 1.81. The van der Waals surface area contributed by atoms with Gasteiger partial charge in [0.25, 0.3) is 0 Å². The molecule has 2 heterocycles. The molecule has 2 aromatic rings. The molecule has 2 aliphatic rings. The zero-order valence-corrected chi connectivity index (χ0v) is 14.0. The fourth-order valence-corrected chi connectivity index (χ4v) is 3.34. The molecule has 1 aromatic heterocycles. The van der Waals surface area contributed by atoms with Crippen molar-refractivity contribution in [1.82, 2.24) is 9.97 Å². The highest BCUT2D eigenvalue weighted by Crippen LogP contribution is 2.28. The van der Waals surface area contributed by atoms with Crippen molar-refractivity contribution < 1.29 is 4.74 Å². The van der Waals surface area contributed by atoms with Gasteiger partial charge in [0, 0.05) is 24.5 Å². The van der Waals surface area contributed by atoms with Gasteiger partial charge >= 0.3 is 0 Å². The van der Waals surface area contributed by atoms with E-state index in [2.05, 4.69) is 28.4 Å². The van der Waals surface area contributed by atoms with Crippen LogP contribution in [0.1, 0.15) is 25.7 Å². The van der Waals surface area contributed by atoms with Crippen molar-refractivity contribution >= 4 is 35.1 Å². The standard InChI is InChI=1S/C17H22N4O.ClH/c1-2-6-13(5-1)18-16-14-7-3-4-8-15(14)19-17(20-16)21-9-11-22-12-10-21;/h3-4,7-8,13H,1-2,5-6,9-12H2,(H,18,19,20);1H. The minimum Gasteiger partial charge on any atom is -0.378 e. The van der Waals surface area contributed by atoms with Crippen molar-refractivity contribution in [2.24, 2.45) is 0 Å². The predicted octanol–water partition coefficient (Wildman–Crippen LogP) is 3.24. The van der Waals surface area contributed by atoms with Crippen molar-refractivity contribution in [1.29, 1.82) is 0 Å². The van der Waals surface area contributed by atoms with Gasteiger partial charge in [0.2, 0.25) is 5.95 Å². The van der Waals surface area contributed by atoms with Crippen molar-refractivity contribution in [2.75, 3.05) is 36.5 Å². The van der Waals surface area contributed by atoms with Crippen LogP contribution in [0.3, 0.4) is 0 Å². The molecular formula is C17H23ClN4O. The summed E-state index contributed by atoms with van der Waals surface area (Å²) in [6.45, 7) is 3.23. The van der Waals surface area contributed by atoms with Crippen LogP contribution in [0.4, 0.5) is 11.8 Å². The van der Waals surface area contributed by atoms with Gasteiger partial charge in [0.05, 0.1) is 18.7 Å². The van der Waals surface area contributed by atoms with Gasteiger partial charge in [0.15, 0.2) is 0 Å². The molecule has 0 radical (unpaired) electrons. The van der Waals surface area contributed by atoms with E-state index < -0.39 is 0 Å². The Balaban J connectivity index is 0.00000156. The third-order valence-corrected chi connectivity index (χ3v) is 4.58. The van der Waals surface area contributed by atoms with E-state index >= 15 is 0 Å². The first-order valence-electron chi connectivity index (χ1n) is 8.26. The normalized spacial score (nSPS) is 18.9. The molecule has 4 rings (SSSR count). The second-order valence-corrected chi connectivity index (χ2v) is 6.11. The highest BCUT2D eigenvalue weighted by molar-refractivity contribution is 5.90. The van der Waals surface area contributed by atoms with E-state index in [-0.39, 0.29) is 12.4 Å². The molecule has 5 nitrogen and oxygen atoms in total. The number of hydrogen-bond donors (Lipinski definition) is 1. The van der Waals surface area contributed by atoms with Gasteiger partial charge in [0.1, 0.15) is 5.82 Å². The van der Waals surface area contributed by atoms with Crippen LogP contribution in [0.25, 0.3) is 10.9 Å². The maximum atomic E-state index is 5.43. The number of aromatic nitrogens is 2. The Hall–Kier alpha value is -1.59. The molecule has 0 atom stereocenters. The molecule has 0 amide bonds. The Bertz CT molecular complexity index is 654. The van der Waals surface area contributed by atoms with Crippen LogP contribution in [0.15, 0.2) is 24.3 Å². The third-order valence-electron chi connectivity index (χ3n) is 4.58. The molecule has 0 bridgehead atoms. The topological polar surface area (TPSA) is 50.3 Å². The number of hydrogen-bond acceptors (Lipinski definition) is 5. The Morgan fingerprint density at radius 2 is 1.78 bits per heavy atom. The molecule has 23 heavy (non-hydrogen) atoms. The fourth-order valence-electron chi connectivity index (χ4n) is 3.34. The van der Waals surface area contributed by atoms with E-state index in [0.717, 1.165) is 49.0 Å². The van der Waals surface area contributed by atoms with E-state index in [1.165, 1.54) is 25.7 Å². The molecule has 1 aliphatic heterocycles. The first-order valence-corrected chi connectivity index (χ1v) is 8.26. The number of fused-ring (bicyclic) bond motifs is 1. The van der Waals surface area contributed by atoms with Crippen molar-refractivity contribution in [3.63, 3.8) is 0 Å². The SMILES string of the molecule is Cl.c1ccc2c(NC3CCCC3)nc(N3CCOCC3)nc2c1. The highest BCUT2D eigenvalue weighted by atomic mass is 35.5. The number of para-hydroxylation sites is 1. The molecule has 6 heteroatoms. The van der Waals surface area contributed by atoms with E-state index in [9.17, 15) is 0 Å². The molecule has 2 fully saturated rings. The quantitative estimate of drug-likeness (QED) is 0.933. The fraction of sp³-hybridized carbons (Fsp3) is 0.529. The Morgan fingerprint density at radius 3 is 2.57 bits per heavy atom. The molecule has 1 saturated carbocycles. The number of anilines is 2. The summed E-state index contributed by atoms with van der Waals surface area (Å²) in [6.07, 6.45) is 5.12. The number of nitrogens with zero attached hydrogens (tertiary/aromatic N) is 3. The Kier molecular flexibility index (Phi) is 5.18. The molecule has 1 N–H and O–H groups in total. The third kappa shape index (κ3) is 3.51. The van der Waals surface area contributed by atoms with Crippen LogP contribution in [0.2, 0.25) is 0 Å². The minimum atomic E-state index is 0. The van der Waals surface area contributed by atoms with Gasteiger partial charge in [-0.2, -0.15) is 4.98 Å². The van der Waals surface area contributed by atoms with Crippen molar-refractivity contribution in [3.8, 4) is 0 Å². The number of halogens is 1. The average Bonchev–Trinajstić information content (AvgIpc) is 3.09. The molecule has 1 saturated heterocycles. The second-order valence-electron chi connectivity index (χ2n) is 6.11. The van der Waals surface area contributed by atoms with Crippen molar-refractivity contribution in [2.45, 2.75) is 31.7 Å². The largest absolute Gasteiger partial charge is 0.378 e. The van der Waals surface area contributed by atoms with Gasteiger partial charge in [-0.3, -0.25) is 0 Å². The van der Waals surface area contributed by atoms with Gasteiger partial charge in [-0.15, -0.1) is 12.4 Å². The summed E-state index contributed by atoms with van der Waals surface area (Å²) in [4.78, 5) is 11.8. The first kappa shape index (κ1) is 16.3. The smallest absolute Gasteiger partial charge is 0.228 e. The van der Waals surface area contributed by atoms with E-state index in [1.807, 2.05) is 6.07 Å². The molecular weight excluding hydrogens is 312 g/mol. The molecule has 1 aliphatic carbocycles. The maximum absolute atomic E-state index is 5.43. The van der Waals surface area contributed by atoms with E-state index in [0.29, 0.717) is 6.04 Å². The molecule has 0 unspecified atom stereocenters. The van der Waals surface area contributed by atoms with Crippen LogP contribution in [0, 0.1) is 0 Å². The second kappa shape index (κ2) is 7.32. The Labute approximate surface area is 142 Å². The number of ether oxygens (including phenoxy) is 1.